The van der Waals surface area contributed by atoms with Crippen LogP contribution in [0.4, 0.5) is 5.69 Å². The second kappa shape index (κ2) is 7.24. The molecule has 2 aliphatic rings. The maximum absolute atomic E-state index is 11.4. The van der Waals surface area contributed by atoms with Gasteiger partial charge in [-0.2, -0.15) is 5.10 Å². The highest BCUT2D eigenvalue weighted by Gasteiger charge is 2.25. The van der Waals surface area contributed by atoms with E-state index in [2.05, 4.69) is 39.8 Å². The molecule has 1 fully saturated rings. The minimum atomic E-state index is -0.968. The summed E-state index contributed by atoms with van der Waals surface area (Å²) in [6.45, 7) is 2.15. The SMILES string of the molecule is O=C(O)c1ccncc1NC[C@H]1COc2cc(-c3cnn(CC4CC4)c3)ccc21. The Bertz CT molecular complexity index is 1060. The summed E-state index contributed by atoms with van der Waals surface area (Å²) >= 11 is 0. The van der Waals surface area contributed by atoms with Crippen molar-refractivity contribution >= 4 is 11.7 Å². The van der Waals surface area contributed by atoms with Gasteiger partial charge in [-0.1, -0.05) is 12.1 Å². The van der Waals surface area contributed by atoms with Gasteiger partial charge in [0, 0.05) is 42.5 Å². The number of anilines is 1. The lowest BCUT2D eigenvalue weighted by atomic mass is 9.98. The molecule has 2 aromatic heterocycles. The first kappa shape index (κ1) is 17.7. The average molecular weight is 390 g/mol. The maximum atomic E-state index is 11.4. The summed E-state index contributed by atoms with van der Waals surface area (Å²) in [6, 6.07) is 7.77. The van der Waals surface area contributed by atoms with Crippen LogP contribution < -0.4 is 10.1 Å². The Hall–Kier alpha value is -3.35. The highest BCUT2D eigenvalue weighted by Crippen LogP contribution is 2.37. The van der Waals surface area contributed by atoms with Gasteiger partial charge in [-0.15, -0.1) is 0 Å². The minimum absolute atomic E-state index is 0.151. The van der Waals surface area contributed by atoms with Gasteiger partial charge in [-0.25, -0.2) is 4.79 Å². The van der Waals surface area contributed by atoms with Crippen LogP contribution in [0.2, 0.25) is 0 Å². The molecule has 1 atom stereocenters. The highest BCUT2D eigenvalue weighted by atomic mass is 16.5. The Labute approximate surface area is 168 Å². The monoisotopic (exact) mass is 390 g/mol. The van der Waals surface area contributed by atoms with Crippen LogP contribution in [0.3, 0.4) is 0 Å². The number of hydrogen-bond donors (Lipinski definition) is 2. The Morgan fingerprint density at radius 3 is 2.97 bits per heavy atom. The number of pyridine rings is 1. The van der Waals surface area contributed by atoms with Gasteiger partial charge in [0.1, 0.15) is 5.75 Å². The number of carboxylic acid groups (broad SMARTS) is 1. The number of aromatic nitrogens is 3. The fourth-order valence-electron chi connectivity index (χ4n) is 3.76. The number of hydrogen-bond acceptors (Lipinski definition) is 5. The number of ether oxygens (including phenoxy) is 1. The maximum Gasteiger partial charge on any atom is 0.337 e. The van der Waals surface area contributed by atoms with E-state index >= 15 is 0 Å². The van der Waals surface area contributed by atoms with Crippen LogP contribution in [0.5, 0.6) is 5.75 Å². The normalized spacial score (nSPS) is 17.6. The minimum Gasteiger partial charge on any atom is -0.493 e. The molecule has 0 bridgehead atoms. The Balaban J connectivity index is 1.29. The van der Waals surface area contributed by atoms with Crippen LogP contribution in [0, 0.1) is 5.92 Å². The van der Waals surface area contributed by atoms with Crippen LogP contribution >= 0.6 is 0 Å². The number of rotatable bonds is 7. The molecular weight excluding hydrogens is 368 g/mol. The summed E-state index contributed by atoms with van der Waals surface area (Å²) in [6.07, 6.45) is 9.66. The third-order valence-corrected chi connectivity index (χ3v) is 5.59. The molecular formula is C22H22N4O3. The number of fused-ring (bicyclic) bond motifs is 1. The van der Waals surface area contributed by atoms with Crippen molar-refractivity contribution < 1.29 is 14.6 Å². The lowest BCUT2D eigenvalue weighted by Crippen LogP contribution is -2.16. The first-order chi connectivity index (χ1) is 14.2. The van der Waals surface area contributed by atoms with Gasteiger partial charge in [-0.3, -0.25) is 9.67 Å². The van der Waals surface area contributed by atoms with E-state index in [-0.39, 0.29) is 11.5 Å². The Morgan fingerprint density at radius 1 is 1.24 bits per heavy atom. The zero-order valence-corrected chi connectivity index (χ0v) is 15.9. The van der Waals surface area contributed by atoms with Gasteiger partial charge < -0.3 is 15.2 Å². The molecule has 0 saturated heterocycles. The van der Waals surface area contributed by atoms with E-state index < -0.39 is 5.97 Å². The van der Waals surface area contributed by atoms with Crippen LogP contribution in [-0.4, -0.2) is 39.0 Å². The molecule has 0 amide bonds. The molecule has 1 aliphatic heterocycles. The number of carboxylic acids is 1. The van der Waals surface area contributed by atoms with Crippen LogP contribution in [0.15, 0.2) is 49.1 Å². The second-order valence-electron chi connectivity index (χ2n) is 7.76. The number of aromatic carboxylic acids is 1. The number of nitrogens with zero attached hydrogens (tertiary/aromatic N) is 3. The average Bonchev–Trinajstić information content (AvgIpc) is 3.26. The van der Waals surface area contributed by atoms with Crippen LogP contribution in [0.25, 0.3) is 11.1 Å². The zero-order valence-electron chi connectivity index (χ0n) is 15.9. The van der Waals surface area contributed by atoms with Gasteiger partial charge in [0.15, 0.2) is 0 Å². The number of carbonyl (C=O) groups is 1. The molecule has 0 radical (unpaired) electrons. The van der Waals surface area contributed by atoms with Crippen molar-refractivity contribution in [3.8, 4) is 16.9 Å². The molecule has 1 aliphatic carbocycles. The fraction of sp³-hybridized carbons (Fsp3) is 0.318. The number of nitrogens with one attached hydrogen (secondary N) is 1. The Kier molecular flexibility index (Phi) is 4.42. The van der Waals surface area contributed by atoms with Crippen molar-refractivity contribution in [3.05, 3.63) is 60.2 Å². The predicted molar refractivity (Wildman–Crippen MR) is 108 cm³/mol. The molecule has 2 N–H and O–H groups in total. The smallest absolute Gasteiger partial charge is 0.337 e. The van der Waals surface area contributed by atoms with Crippen molar-refractivity contribution in [2.75, 3.05) is 18.5 Å². The molecule has 148 valence electrons. The third-order valence-electron chi connectivity index (χ3n) is 5.59. The van der Waals surface area contributed by atoms with E-state index in [1.165, 1.54) is 25.1 Å². The molecule has 1 aromatic carbocycles. The summed E-state index contributed by atoms with van der Waals surface area (Å²) in [4.78, 5) is 15.4. The summed E-state index contributed by atoms with van der Waals surface area (Å²) in [7, 11) is 0. The van der Waals surface area contributed by atoms with E-state index in [9.17, 15) is 9.90 Å². The lowest BCUT2D eigenvalue weighted by Gasteiger charge is -2.13. The van der Waals surface area contributed by atoms with Gasteiger partial charge in [-0.05, 0) is 36.5 Å². The van der Waals surface area contributed by atoms with Gasteiger partial charge in [0.2, 0.25) is 0 Å². The molecule has 0 unspecified atom stereocenters. The van der Waals surface area contributed by atoms with E-state index in [0.717, 1.165) is 34.9 Å². The van der Waals surface area contributed by atoms with E-state index in [1.807, 2.05) is 10.9 Å². The standard InChI is InChI=1S/C22H22N4O3/c27-22(28)19-5-6-23-10-20(19)24-8-17-13-29-21-7-15(3-4-18(17)21)16-9-25-26(12-16)11-14-1-2-14/h3-7,9-10,12,14,17,24H,1-2,8,11,13H2,(H,27,28)/t17-/m0/s1. The first-order valence-corrected chi connectivity index (χ1v) is 9.88. The fourth-order valence-corrected chi connectivity index (χ4v) is 3.76. The summed E-state index contributed by atoms with van der Waals surface area (Å²) < 4.78 is 7.95. The largest absolute Gasteiger partial charge is 0.493 e. The van der Waals surface area contributed by atoms with Crippen LogP contribution in [0.1, 0.15) is 34.7 Å². The molecule has 3 heterocycles. The van der Waals surface area contributed by atoms with Crippen molar-refractivity contribution in [3.63, 3.8) is 0 Å². The van der Waals surface area contributed by atoms with E-state index in [0.29, 0.717) is 18.8 Å². The van der Waals surface area contributed by atoms with Crippen LogP contribution in [-0.2, 0) is 6.54 Å². The quantitative estimate of drug-likeness (QED) is 0.640. The highest BCUT2D eigenvalue weighted by molar-refractivity contribution is 5.93. The summed E-state index contributed by atoms with van der Waals surface area (Å²) in [5.74, 6) is 0.859. The third kappa shape index (κ3) is 3.68. The van der Waals surface area contributed by atoms with Gasteiger partial charge >= 0.3 is 5.97 Å². The second-order valence-corrected chi connectivity index (χ2v) is 7.76. The zero-order chi connectivity index (χ0) is 19.8. The van der Waals surface area contributed by atoms with Crippen molar-refractivity contribution in [1.82, 2.24) is 14.8 Å². The molecule has 7 nitrogen and oxygen atoms in total. The molecule has 0 spiro atoms. The number of benzene rings is 1. The summed E-state index contributed by atoms with van der Waals surface area (Å²) in [5.41, 5.74) is 4.07. The van der Waals surface area contributed by atoms with E-state index in [4.69, 9.17) is 4.74 Å². The van der Waals surface area contributed by atoms with Gasteiger partial charge in [0.05, 0.1) is 30.3 Å². The van der Waals surface area contributed by atoms with Crippen molar-refractivity contribution in [2.24, 2.45) is 5.92 Å². The predicted octanol–water partition coefficient (Wildman–Crippen LogP) is 3.64. The van der Waals surface area contributed by atoms with Crippen molar-refractivity contribution in [1.29, 1.82) is 0 Å². The molecule has 1 saturated carbocycles. The Morgan fingerprint density at radius 2 is 2.14 bits per heavy atom. The molecule has 3 aromatic rings. The first-order valence-electron chi connectivity index (χ1n) is 9.88. The molecule has 29 heavy (non-hydrogen) atoms. The molecule has 7 heteroatoms. The summed E-state index contributed by atoms with van der Waals surface area (Å²) in [5, 5.41) is 17.0. The van der Waals surface area contributed by atoms with E-state index in [1.54, 1.807) is 6.20 Å². The molecule has 5 rings (SSSR count). The van der Waals surface area contributed by atoms with Gasteiger partial charge in [0.25, 0.3) is 0 Å². The lowest BCUT2D eigenvalue weighted by molar-refractivity contribution is 0.0698. The van der Waals surface area contributed by atoms with Crippen molar-refractivity contribution in [2.45, 2.75) is 25.3 Å². The topological polar surface area (TPSA) is 89.3 Å².